The molecule has 1 aromatic rings. The highest BCUT2D eigenvalue weighted by molar-refractivity contribution is 5.94. The van der Waals surface area contributed by atoms with Gasteiger partial charge >= 0.3 is 12.0 Å². The van der Waals surface area contributed by atoms with Gasteiger partial charge in [0.05, 0.1) is 11.8 Å². The van der Waals surface area contributed by atoms with E-state index in [4.69, 9.17) is 5.11 Å². The number of aliphatic hydroxyl groups excluding tert-OH is 1. The Balaban J connectivity index is 2.83. The van der Waals surface area contributed by atoms with E-state index in [9.17, 15) is 19.1 Å². The molecule has 0 aromatic heterocycles. The van der Waals surface area contributed by atoms with Crippen molar-refractivity contribution in [3.63, 3.8) is 0 Å². The lowest BCUT2D eigenvalue weighted by Crippen LogP contribution is -2.51. The highest BCUT2D eigenvalue weighted by Gasteiger charge is 2.27. The first-order valence-corrected chi connectivity index (χ1v) is 5.54. The number of para-hydroxylation sites is 1. The van der Waals surface area contributed by atoms with Gasteiger partial charge in [0.25, 0.3) is 0 Å². The third kappa shape index (κ3) is 3.65. The summed E-state index contributed by atoms with van der Waals surface area (Å²) in [4.78, 5) is 23.6. The number of amides is 2. The molecule has 2 amide bonds. The van der Waals surface area contributed by atoms with E-state index < -0.39 is 30.0 Å². The molecule has 2 atom stereocenters. The number of carbonyl (C=O) groups is 2. The van der Waals surface area contributed by atoms with Crippen LogP contribution < -0.4 is 10.2 Å². The van der Waals surface area contributed by atoms with E-state index in [1.54, 1.807) is 6.07 Å². The van der Waals surface area contributed by atoms with E-state index in [1.807, 2.05) is 0 Å². The molecule has 6 nitrogen and oxygen atoms in total. The number of halogens is 1. The third-order valence-corrected chi connectivity index (χ3v) is 2.55. The Morgan fingerprint density at radius 2 is 1.95 bits per heavy atom. The fourth-order valence-electron chi connectivity index (χ4n) is 1.45. The molecule has 0 radical (unpaired) electrons. The maximum Gasteiger partial charge on any atom is 0.328 e. The van der Waals surface area contributed by atoms with Crippen LogP contribution in [0.3, 0.4) is 0 Å². The van der Waals surface area contributed by atoms with Crippen molar-refractivity contribution in [2.45, 2.75) is 19.1 Å². The molecule has 0 aliphatic heterocycles. The molecule has 0 aliphatic carbocycles. The highest BCUT2D eigenvalue weighted by Crippen LogP contribution is 2.17. The second kappa shape index (κ2) is 6.14. The Bertz CT molecular complexity index is 479. The Kier molecular flexibility index (Phi) is 4.82. The molecule has 0 saturated carbocycles. The predicted octanol–water partition coefficient (Wildman–Crippen LogP) is 0.805. The molecule has 0 heterocycles. The number of carboxylic acids is 1. The van der Waals surface area contributed by atoms with Crippen LogP contribution in [0.1, 0.15) is 6.92 Å². The van der Waals surface area contributed by atoms with Crippen LogP contribution >= 0.6 is 0 Å². The van der Waals surface area contributed by atoms with Crippen molar-refractivity contribution in [2.75, 3.05) is 11.9 Å². The van der Waals surface area contributed by atoms with Gasteiger partial charge in [0.2, 0.25) is 0 Å². The van der Waals surface area contributed by atoms with Gasteiger partial charge in [-0.2, -0.15) is 0 Å². The van der Waals surface area contributed by atoms with Gasteiger partial charge in [0.15, 0.2) is 6.04 Å². The fraction of sp³-hybridized carbons (Fsp3) is 0.333. The van der Waals surface area contributed by atoms with Gasteiger partial charge < -0.3 is 15.5 Å². The van der Waals surface area contributed by atoms with Gasteiger partial charge in [-0.1, -0.05) is 12.1 Å². The molecule has 7 heteroatoms. The second-order valence-electron chi connectivity index (χ2n) is 4.02. The van der Waals surface area contributed by atoms with Crippen molar-refractivity contribution in [3.8, 4) is 0 Å². The van der Waals surface area contributed by atoms with Crippen LogP contribution in [0.15, 0.2) is 24.3 Å². The van der Waals surface area contributed by atoms with Gasteiger partial charge in [-0.15, -0.1) is 0 Å². The summed E-state index contributed by atoms with van der Waals surface area (Å²) in [6.07, 6.45) is -1.27. The first kappa shape index (κ1) is 14.9. The van der Waals surface area contributed by atoms with E-state index in [0.717, 1.165) is 4.90 Å². The molecule has 0 unspecified atom stereocenters. The minimum atomic E-state index is -1.46. The summed E-state index contributed by atoms with van der Waals surface area (Å²) < 4.78 is 13.5. The topological polar surface area (TPSA) is 89.9 Å². The van der Waals surface area contributed by atoms with Crippen LogP contribution in [0.5, 0.6) is 0 Å². The number of rotatable bonds is 4. The Labute approximate surface area is 109 Å². The number of hydrogen-bond acceptors (Lipinski definition) is 3. The van der Waals surface area contributed by atoms with Crippen molar-refractivity contribution in [2.24, 2.45) is 0 Å². The predicted molar refractivity (Wildman–Crippen MR) is 66.4 cm³/mol. The molecule has 1 aromatic carbocycles. The molecule has 0 spiro atoms. The van der Waals surface area contributed by atoms with E-state index in [2.05, 4.69) is 5.32 Å². The minimum absolute atomic E-state index is 0.00901. The van der Waals surface area contributed by atoms with Gasteiger partial charge in [0, 0.05) is 7.05 Å². The maximum absolute atomic E-state index is 13.5. The van der Waals surface area contributed by atoms with Crippen LogP contribution in [0, 0.1) is 5.82 Å². The molecule has 0 aliphatic rings. The summed E-state index contributed by atoms with van der Waals surface area (Å²) >= 11 is 0. The Morgan fingerprint density at radius 1 is 1.37 bits per heavy atom. The average Bonchev–Trinajstić information content (AvgIpc) is 2.34. The van der Waals surface area contributed by atoms with Crippen molar-refractivity contribution in [1.82, 2.24) is 5.32 Å². The lowest BCUT2D eigenvalue weighted by Gasteiger charge is -2.23. The molecular weight excluding hydrogens is 255 g/mol. The first-order chi connectivity index (χ1) is 8.84. The summed E-state index contributed by atoms with van der Waals surface area (Å²) in [5.41, 5.74) is 0.00901. The normalized spacial score (nSPS) is 13.5. The molecule has 0 bridgehead atoms. The number of urea groups is 1. The zero-order chi connectivity index (χ0) is 14.6. The fourth-order valence-corrected chi connectivity index (χ4v) is 1.45. The Morgan fingerprint density at radius 3 is 2.42 bits per heavy atom. The molecule has 0 fully saturated rings. The highest BCUT2D eigenvalue weighted by atomic mass is 19.1. The second-order valence-corrected chi connectivity index (χ2v) is 4.02. The number of nitrogens with one attached hydrogen (secondary N) is 1. The van der Waals surface area contributed by atoms with Crippen LogP contribution in [0.4, 0.5) is 14.9 Å². The van der Waals surface area contributed by atoms with Crippen LogP contribution in [-0.2, 0) is 4.79 Å². The summed E-state index contributed by atoms with van der Waals surface area (Å²) in [7, 11) is 1.30. The number of hydrogen-bond donors (Lipinski definition) is 3. The quantitative estimate of drug-likeness (QED) is 0.755. The van der Waals surface area contributed by atoms with E-state index in [1.165, 1.54) is 32.2 Å². The van der Waals surface area contributed by atoms with Gasteiger partial charge in [-0.05, 0) is 19.1 Å². The number of aliphatic hydroxyl groups is 1. The van der Waals surface area contributed by atoms with Crippen LogP contribution in [-0.4, -0.2) is 41.4 Å². The van der Waals surface area contributed by atoms with Crippen molar-refractivity contribution in [3.05, 3.63) is 30.1 Å². The van der Waals surface area contributed by atoms with Crippen LogP contribution in [0.2, 0.25) is 0 Å². The number of carboxylic acid groups (broad SMARTS) is 1. The summed E-state index contributed by atoms with van der Waals surface area (Å²) in [6.45, 7) is 1.24. The van der Waals surface area contributed by atoms with E-state index in [-0.39, 0.29) is 5.69 Å². The minimum Gasteiger partial charge on any atom is -0.480 e. The summed E-state index contributed by atoms with van der Waals surface area (Å²) in [5, 5.41) is 20.2. The van der Waals surface area contributed by atoms with Crippen molar-refractivity contribution < 1.29 is 24.2 Å². The van der Waals surface area contributed by atoms with Gasteiger partial charge in [-0.25, -0.2) is 14.0 Å². The smallest absolute Gasteiger partial charge is 0.328 e. The SMILES string of the molecule is C[C@@H](O)[C@H](NC(=O)N(C)c1ccccc1F)C(=O)O. The zero-order valence-electron chi connectivity index (χ0n) is 10.5. The first-order valence-electron chi connectivity index (χ1n) is 5.54. The molecule has 1 rings (SSSR count). The standard InChI is InChI=1S/C12H15FN2O4/c1-7(16)10(11(17)18)14-12(19)15(2)9-6-4-3-5-8(9)13/h3-7,10,16H,1-2H3,(H,14,19)(H,17,18)/t7-,10+/m1/s1. The number of nitrogens with zero attached hydrogens (tertiary/aromatic N) is 1. The molecule has 19 heavy (non-hydrogen) atoms. The van der Waals surface area contributed by atoms with E-state index in [0.29, 0.717) is 0 Å². The van der Waals surface area contributed by atoms with Crippen LogP contribution in [0.25, 0.3) is 0 Å². The molecular formula is C12H15FN2O4. The van der Waals surface area contributed by atoms with Gasteiger partial charge in [-0.3, -0.25) is 4.90 Å². The number of aliphatic carboxylic acids is 1. The number of benzene rings is 1. The molecule has 0 saturated heterocycles. The monoisotopic (exact) mass is 270 g/mol. The Hall–Kier alpha value is -2.15. The lowest BCUT2D eigenvalue weighted by molar-refractivity contribution is -0.141. The largest absolute Gasteiger partial charge is 0.480 e. The summed E-state index contributed by atoms with van der Waals surface area (Å²) in [6, 6.07) is 3.31. The van der Waals surface area contributed by atoms with Crippen molar-refractivity contribution >= 4 is 17.7 Å². The zero-order valence-corrected chi connectivity index (χ0v) is 10.5. The van der Waals surface area contributed by atoms with Gasteiger partial charge in [0.1, 0.15) is 5.82 Å². The maximum atomic E-state index is 13.5. The van der Waals surface area contributed by atoms with Crippen molar-refractivity contribution in [1.29, 1.82) is 0 Å². The average molecular weight is 270 g/mol. The summed E-state index contributed by atoms with van der Waals surface area (Å²) in [5.74, 6) is -1.98. The lowest BCUT2D eigenvalue weighted by atomic mass is 10.2. The number of carbonyl (C=O) groups excluding carboxylic acids is 1. The van der Waals surface area contributed by atoms with E-state index >= 15 is 0 Å². The molecule has 3 N–H and O–H groups in total. The number of anilines is 1. The molecule has 104 valence electrons. The third-order valence-electron chi connectivity index (χ3n) is 2.55.